The third kappa shape index (κ3) is 3.63. The summed E-state index contributed by atoms with van der Waals surface area (Å²) in [5, 5.41) is 0.700. The Balaban J connectivity index is 1.53. The number of ether oxygens (including phenoxy) is 1. The summed E-state index contributed by atoms with van der Waals surface area (Å²) in [6, 6.07) is 21.3. The van der Waals surface area contributed by atoms with E-state index in [1.54, 1.807) is 6.07 Å². The Labute approximate surface area is 157 Å². The van der Waals surface area contributed by atoms with Crippen LogP contribution in [-0.4, -0.2) is 10.8 Å². The Morgan fingerprint density at radius 3 is 2.50 bits per heavy atom. The van der Waals surface area contributed by atoms with Gasteiger partial charge in [-0.2, -0.15) is 0 Å². The van der Waals surface area contributed by atoms with Gasteiger partial charge in [-0.25, -0.2) is 4.98 Å². The van der Waals surface area contributed by atoms with Gasteiger partial charge in [0.25, 0.3) is 0 Å². The highest BCUT2D eigenvalue weighted by molar-refractivity contribution is 6.30. The highest BCUT2D eigenvalue weighted by Gasteiger charge is 2.27. The number of carbonyl (C=O) groups is 1. The number of Topliss-reactive ketones (excluding diaryl/α,β-unsaturated/α-hetero) is 1. The zero-order chi connectivity index (χ0) is 17.9. The number of halogens is 1. The van der Waals surface area contributed by atoms with Crippen LogP contribution in [0.3, 0.4) is 0 Å². The minimum absolute atomic E-state index is 0.129. The Morgan fingerprint density at radius 1 is 0.962 bits per heavy atom. The number of aromatic nitrogens is 1. The predicted molar refractivity (Wildman–Crippen MR) is 102 cm³/mol. The average molecular weight is 364 g/mol. The highest BCUT2D eigenvalue weighted by Crippen LogP contribution is 2.33. The molecule has 2 aromatic carbocycles. The molecule has 4 rings (SSSR count). The molecule has 1 heterocycles. The molecule has 0 spiro atoms. The van der Waals surface area contributed by atoms with E-state index in [2.05, 4.69) is 4.98 Å². The molecule has 3 aromatic rings. The van der Waals surface area contributed by atoms with Crippen molar-refractivity contribution in [1.82, 2.24) is 4.98 Å². The van der Waals surface area contributed by atoms with Crippen LogP contribution in [0.2, 0.25) is 5.02 Å². The van der Waals surface area contributed by atoms with Crippen molar-refractivity contribution >= 4 is 17.4 Å². The van der Waals surface area contributed by atoms with Crippen LogP contribution in [0.15, 0.2) is 66.7 Å². The van der Waals surface area contributed by atoms with Gasteiger partial charge in [-0.15, -0.1) is 0 Å². The summed E-state index contributed by atoms with van der Waals surface area (Å²) in [5.41, 5.74) is 3.72. The SMILES string of the molecule is O=C1CC(c2ccc(Cl)cc2)Cc2nc(OCc3ccccc3)ccc21. The maximum absolute atomic E-state index is 12.5. The van der Waals surface area contributed by atoms with Gasteiger partial charge >= 0.3 is 0 Å². The highest BCUT2D eigenvalue weighted by atomic mass is 35.5. The number of rotatable bonds is 4. The minimum atomic E-state index is 0.129. The van der Waals surface area contributed by atoms with E-state index in [9.17, 15) is 4.79 Å². The number of ketones is 1. The Bertz CT molecular complexity index is 923. The fourth-order valence-electron chi connectivity index (χ4n) is 3.31. The maximum atomic E-state index is 12.5. The van der Waals surface area contributed by atoms with E-state index in [-0.39, 0.29) is 11.7 Å². The average Bonchev–Trinajstić information content (AvgIpc) is 2.67. The number of carbonyl (C=O) groups excluding carboxylic acids is 1. The molecule has 0 saturated carbocycles. The van der Waals surface area contributed by atoms with Crippen LogP contribution in [0.5, 0.6) is 5.88 Å². The lowest BCUT2D eigenvalue weighted by Crippen LogP contribution is -2.20. The second kappa shape index (κ2) is 7.30. The van der Waals surface area contributed by atoms with Crippen molar-refractivity contribution in [3.05, 3.63) is 94.1 Å². The van der Waals surface area contributed by atoms with Crippen molar-refractivity contribution in [3.8, 4) is 5.88 Å². The predicted octanol–water partition coefficient (Wildman–Crippen LogP) is 5.23. The molecule has 1 aliphatic carbocycles. The molecule has 0 radical (unpaired) electrons. The molecule has 1 aliphatic rings. The van der Waals surface area contributed by atoms with Gasteiger partial charge < -0.3 is 4.74 Å². The van der Waals surface area contributed by atoms with Gasteiger partial charge in [0.05, 0.1) is 5.69 Å². The molecule has 0 fully saturated rings. The molecule has 0 N–H and O–H groups in total. The van der Waals surface area contributed by atoms with Crippen LogP contribution in [0, 0.1) is 0 Å². The molecule has 1 atom stereocenters. The van der Waals surface area contributed by atoms with Crippen molar-refractivity contribution in [2.75, 3.05) is 0 Å². The Kier molecular flexibility index (Phi) is 4.72. The molecular weight excluding hydrogens is 346 g/mol. The summed E-state index contributed by atoms with van der Waals surface area (Å²) < 4.78 is 5.81. The normalized spacial score (nSPS) is 16.2. The zero-order valence-corrected chi connectivity index (χ0v) is 14.9. The number of nitrogens with zero attached hydrogens (tertiary/aromatic N) is 1. The van der Waals surface area contributed by atoms with E-state index in [1.807, 2.05) is 60.7 Å². The summed E-state index contributed by atoms with van der Waals surface area (Å²) >= 11 is 5.97. The van der Waals surface area contributed by atoms with Gasteiger partial charge in [-0.1, -0.05) is 54.1 Å². The van der Waals surface area contributed by atoms with Gasteiger partial charge in [-0.05, 0) is 41.7 Å². The topological polar surface area (TPSA) is 39.2 Å². The van der Waals surface area contributed by atoms with Gasteiger partial charge in [0.1, 0.15) is 6.61 Å². The second-order valence-corrected chi connectivity index (χ2v) is 6.93. The monoisotopic (exact) mass is 363 g/mol. The lowest BCUT2D eigenvalue weighted by atomic mass is 9.82. The molecular formula is C22H18ClNO2. The molecule has 1 unspecified atom stereocenters. The van der Waals surface area contributed by atoms with E-state index in [0.717, 1.165) is 23.2 Å². The van der Waals surface area contributed by atoms with Crippen molar-refractivity contribution in [3.63, 3.8) is 0 Å². The lowest BCUT2D eigenvalue weighted by molar-refractivity contribution is 0.0963. The first kappa shape index (κ1) is 16.8. The standard InChI is InChI=1S/C22H18ClNO2/c23-18-8-6-16(7-9-18)17-12-20-19(21(25)13-17)10-11-22(24-20)26-14-15-4-2-1-3-5-15/h1-11,17H,12-14H2. The maximum Gasteiger partial charge on any atom is 0.213 e. The van der Waals surface area contributed by atoms with E-state index in [4.69, 9.17) is 16.3 Å². The molecule has 0 aliphatic heterocycles. The third-order valence-electron chi connectivity index (χ3n) is 4.69. The summed E-state index contributed by atoms with van der Waals surface area (Å²) in [6.45, 7) is 0.460. The van der Waals surface area contributed by atoms with E-state index in [1.165, 1.54) is 0 Å². The number of fused-ring (bicyclic) bond motifs is 1. The quantitative estimate of drug-likeness (QED) is 0.637. The van der Waals surface area contributed by atoms with Crippen molar-refractivity contribution in [1.29, 1.82) is 0 Å². The number of hydrogen-bond acceptors (Lipinski definition) is 3. The molecule has 26 heavy (non-hydrogen) atoms. The van der Waals surface area contributed by atoms with Crippen molar-refractivity contribution in [2.45, 2.75) is 25.4 Å². The largest absolute Gasteiger partial charge is 0.473 e. The number of hydrogen-bond donors (Lipinski definition) is 0. The van der Waals surface area contributed by atoms with Gasteiger partial charge in [0.2, 0.25) is 5.88 Å². The van der Waals surface area contributed by atoms with Crippen molar-refractivity contribution in [2.24, 2.45) is 0 Å². The second-order valence-electron chi connectivity index (χ2n) is 6.50. The van der Waals surface area contributed by atoms with Gasteiger partial charge in [-0.3, -0.25) is 4.79 Å². The molecule has 130 valence electrons. The summed E-state index contributed by atoms with van der Waals surface area (Å²) in [5.74, 6) is 0.814. The molecule has 1 aromatic heterocycles. The van der Waals surface area contributed by atoms with E-state index >= 15 is 0 Å². The number of pyridine rings is 1. The van der Waals surface area contributed by atoms with Crippen LogP contribution in [0.4, 0.5) is 0 Å². The number of benzene rings is 2. The molecule has 3 nitrogen and oxygen atoms in total. The van der Waals surface area contributed by atoms with Crippen LogP contribution in [-0.2, 0) is 13.0 Å². The van der Waals surface area contributed by atoms with Crippen molar-refractivity contribution < 1.29 is 9.53 Å². The first-order valence-electron chi connectivity index (χ1n) is 8.64. The molecule has 4 heteroatoms. The Hall–Kier alpha value is -2.65. The molecule has 0 saturated heterocycles. The van der Waals surface area contributed by atoms with Crippen LogP contribution in [0.1, 0.15) is 39.5 Å². The van der Waals surface area contributed by atoms with Crippen LogP contribution >= 0.6 is 11.6 Å². The summed E-state index contributed by atoms with van der Waals surface area (Å²) in [4.78, 5) is 17.1. The Morgan fingerprint density at radius 2 is 1.73 bits per heavy atom. The molecule has 0 bridgehead atoms. The third-order valence-corrected chi connectivity index (χ3v) is 4.94. The summed E-state index contributed by atoms with van der Waals surface area (Å²) in [7, 11) is 0. The molecule has 0 amide bonds. The van der Waals surface area contributed by atoms with Crippen LogP contribution < -0.4 is 4.74 Å². The zero-order valence-electron chi connectivity index (χ0n) is 14.2. The van der Waals surface area contributed by atoms with Gasteiger partial charge in [0.15, 0.2) is 5.78 Å². The van der Waals surface area contributed by atoms with E-state index < -0.39 is 0 Å². The fourth-order valence-corrected chi connectivity index (χ4v) is 3.44. The van der Waals surface area contributed by atoms with Crippen LogP contribution in [0.25, 0.3) is 0 Å². The fraction of sp³-hybridized carbons (Fsp3) is 0.182. The lowest BCUT2D eigenvalue weighted by Gasteiger charge is -2.23. The smallest absolute Gasteiger partial charge is 0.213 e. The first-order valence-corrected chi connectivity index (χ1v) is 9.02. The minimum Gasteiger partial charge on any atom is -0.473 e. The van der Waals surface area contributed by atoms with Gasteiger partial charge in [0, 0.05) is 23.1 Å². The van der Waals surface area contributed by atoms with E-state index in [0.29, 0.717) is 29.5 Å². The summed E-state index contributed by atoms with van der Waals surface area (Å²) in [6.07, 6.45) is 1.23. The first-order chi connectivity index (χ1) is 12.7.